The lowest BCUT2D eigenvalue weighted by molar-refractivity contribution is -0.143. The minimum Gasteiger partial charge on any atom is -0.346 e. The number of alkyl halides is 6. The Morgan fingerprint density at radius 2 is 1.55 bits per heavy atom. The highest BCUT2D eigenvalue weighted by Crippen LogP contribution is 2.37. The molecule has 17 heteroatoms. The number of aromatic nitrogens is 4. The molecule has 2 amide bonds. The molecular weight excluding hydrogens is 765 g/mol. The Bertz CT molecular complexity index is 1850. The fourth-order valence-electron chi connectivity index (χ4n) is 4.63. The van der Waals surface area contributed by atoms with Crippen molar-refractivity contribution in [1.29, 1.82) is 0 Å². The molecule has 0 atom stereocenters. The average molecular weight is 793 g/mol. The first-order chi connectivity index (χ1) is 21.8. The molecule has 0 saturated heterocycles. The van der Waals surface area contributed by atoms with Crippen LogP contribution < -0.4 is 16.3 Å². The number of hydrogen-bond acceptors (Lipinski definition) is 6. The number of hydrogen-bond donors (Lipinski definition) is 2. The van der Waals surface area contributed by atoms with Gasteiger partial charge in [-0.1, -0.05) is 18.2 Å². The Morgan fingerprint density at radius 3 is 2.13 bits per heavy atom. The minimum atomic E-state index is -5.11. The standard InChI is InChI=1S/C30H27F6IN6O3S/c1-16-10-17(14-42-27(46)43(41-40-42)20-12-18(29(31,32)33)11-19(13-20)30(34,35)36)8-9-23(16)38-25(44)21-6-5-7-22(37)24(21)26(45)39-28(2,3)15-47-4/h5-13H,14-15H2,1-4H3,(H,38,44)(H,39,45). The molecule has 0 aliphatic heterocycles. The molecule has 0 fully saturated rings. The van der Waals surface area contributed by atoms with Gasteiger partial charge in [0.25, 0.3) is 11.8 Å². The molecule has 250 valence electrons. The van der Waals surface area contributed by atoms with E-state index in [-0.39, 0.29) is 23.7 Å². The largest absolute Gasteiger partial charge is 0.416 e. The number of anilines is 1. The van der Waals surface area contributed by atoms with E-state index < -0.39 is 52.2 Å². The number of benzene rings is 3. The third-order valence-corrected chi connectivity index (χ3v) is 8.68. The molecule has 1 aromatic heterocycles. The van der Waals surface area contributed by atoms with Crippen LogP contribution >= 0.6 is 34.4 Å². The third kappa shape index (κ3) is 8.54. The number of amides is 2. The highest BCUT2D eigenvalue weighted by atomic mass is 127. The molecule has 2 N–H and O–H groups in total. The van der Waals surface area contributed by atoms with Gasteiger partial charge < -0.3 is 10.6 Å². The molecule has 0 saturated carbocycles. The molecule has 0 unspecified atom stereocenters. The summed E-state index contributed by atoms with van der Waals surface area (Å²) >= 11 is 3.56. The number of nitrogens with one attached hydrogen (secondary N) is 2. The summed E-state index contributed by atoms with van der Waals surface area (Å²) in [6.45, 7) is 5.20. The van der Waals surface area contributed by atoms with Crippen LogP contribution in [-0.4, -0.2) is 49.2 Å². The summed E-state index contributed by atoms with van der Waals surface area (Å²) in [6.07, 6.45) is -8.30. The van der Waals surface area contributed by atoms with Crippen LogP contribution in [-0.2, 0) is 18.9 Å². The number of nitrogens with zero attached hydrogens (tertiary/aromatic N) is 4. The Morgan fingerprint density at radius 1 is 0.915 bits per heavy atom. The average Bonchev–Trinajstić information content (AvgIpc) is 3.32. The van der Waals surface area contributed by atoms with E-state index in [9.17, 15) is 40.7 Å². The maximum absolute atomic E-state index is 13.4. The smallest absolute Gasteiger partial charge is 0.346 e. The van der Waals surface area contributed by atoms with Gasteiger partial charge in [-0.3, -0.25) is 9.59 Å². The molecule has 47 heavy (non-hydrogen) atoms. The van der Waals surface area contributed by atoms with Crippen molar-refractivity contribution in [3.63, 3.8) is 0 Å². The zero-order valence-corrected chi connectivity index (χ0v) is 28.2. The van der Waals surface area contributed by atoms with Crippen molar-refractivity contribution in [3.05, 3.63) is 102 Å². The summed E-state index contributed by atoms with van der Waals surface area (Å²) in [5.41, 5.74) is -3.75. The normalized spacial score (nSPS) is 12.2. The molecule has 0 aliphatic carbocycles. The fraction of sp³-hybridized carbons (Fsp3) is 0.300. The predicted molar refractivity (Wildman–Crippen MR) is 173 cm³/mol. The Balaban J connectivity index is 1.56. The lowest BCUT2D eigenvalue weighted by atomic mass is 10.0. The van der Waals surface area contributed by atoms with Crippen molar-refractivity contribution < 1.29 is 35.9 Å². The monoisotopic (exact) mass is 792 g/mol. The fourth-order valence-corrected chi connectivity index (χ4v) is 6.17. The molecule has 0 bridgehead atoms. The van der Waals surface area contributed by atoms with E-state index in [2.05, 4.69) is 21.1 Å². The minimum absolute atomic E-state index is 0.0518. The lowest BCUT2D eigenvalue weighted by Gasteiger charge is -2.26. The zero-order valence-electron chi connectivity index (χ0n) is 25.2. The highest BCUT2D eigenvalue weighted by molar-refractivity contribution is 14.1. The van der Waals surface area contributed by atoms with Crippen LogP contribution in [0, 0.1) is 10.5 Å². The van der Waals surface area contributed by atoms with Crippen molar-refractivity contribution in [1.82, 2.24) is 25.1 Å². The van der Waals surface area contributed by atoms with Crippen LogP contribution in [0.1, 0.15) is 56.8 Å². The van der Waals surface area contributed by atoms with Gasteiger partial charge in [0.2, 0.25) is 0 Å². The number of carbonyl (C=O) groups is 2. The van der Waals surface area contributed by atoms with Gasteiger partial charge in [0.15, 0.2) is 0 Å². The number of halogens is 7. The Kier molecular flexibility index (Phi) is 10.5. The molecule has 4 rings (SSSR count). The van der Waals surface area contributed by atoms with Crippen LogP contribution in [0.2, 0.25) is 0 Å². The van der Waals surface area contributed by atoms with Gasteiger partial charge in [0.05, 0.1) is 34.5 Å². The van der Waals surface area contributed by atoms with E-state index in [1.165, 1.54) is 6.07 Å². The number of tetrazole rings is 1. The van der Waals surface area contributed by atoms with Crippen LogP contribution in [0.15, 0.2) is 59.4 Å². The maximum atomic E-state index is 13.4. The van der Waals surface area contributed by atoms with Crippen molar-refractivity contribution in [3.8, 4) is 5.69 Å². The van der Waals surface area contributed by atoms with Crippen LogP contribution in [0.4, 0.5) is 32.0 Å². The number of carbonyl (C=O) groups excluding carboxylic acids is 2. The van der Waals surface area contributed by atoms with Gasteiger partial charge in [-0.25, -0.2) is 4.79 Å². The van der Waals surface area contributed by atoms with Gasteiger partial charge in [-0.15, -0.1) is 0 Å². The summed E-state index contributed by atoms with van der Waals surface area (Å²) < 4.78 is 81.6. The van der Waals surface area contributed by atoms with Crippen molar-refractivity contribution in [2.75, 3.05) is 17.3 Å². The summed E-state index contributed by atoms with van der Waals surface area (Å²) in [7, 11) is 0. The second-order valence-electron chi connectivity index (χ2n) is 11.1. The molecule has 0 spiro atoms. The van der Waals surface area contributed by atoms with Gasteiger partial charge in [0, 0.05) is 20.5 Å². The van der Waals surface area contributed by atoms with E-state index in [1.807, 2.05) is 42.7 Å². The van der Waals surface area contributed by atoms with E-state index >= 15 is 0 Å². The Labute approximate surface area is 282 Å². The molecule has 1 heterocycles. The molecule has 0 aliphatic rings. The van der Waals surface area contributed by atoms with Gasteiger partial charge in [-0.2, -0.15) is 47.5 Å². The van der Waals surface area contributed by atoms with Crippen LogP contribution in [0.5, 0.6) is 0 Å². The zero-order chi connectivity index (χ0) is 34.9. The molecule has 0 radical (unpaired) electrons. The summed E-state index contributed by atoms with van der Waals surface area (Å²) in [5, 5.41) is 12.9. The second kappa shape index (κ2) is 13.7. The first-order valence-electron chi connectivity index (χ1n) is 13.6. The van der Waals surface area contributed by atoms with Gasteiger partial charge >= 0.3 is 18.0 Å². The number of aryl methyl sites for hydroxylation is 1. The molecule has 3 aromatic carbocycles. The van der Waals surface area contributed by atoms with E-state index in [0.29, 0.717) is 43.0 Å². The number of thioether (sulfide) groups is 1. The first kappa shape index (κ1) is 36.0. The summed E-state index contributed by atoms with van der Waals surface area (Å²) in [6, 6.07) is 10.3. The van der Waals surface area contributed by atoms with Crippen molar-refractivity contribution in [2.45, 2.75) is 45.2 Å². The molecule has 9 nitrogen and oxygen atoms in total. The topological polar surface area (TPSA) is 111 Å². The summed E-state index contributed by atoms with van der Waals surface area (Å²) in [4.78, 5) is 39.5. The number of rotatable bonds is 9. The third-order valence-electron chi connectivity index (χ3n) is 6.77. The molecule has 4 aromatic rings. The summed E-state index contributed by atoms with van der Waals surface area (Å²) in [5.74, 6) is -0.280. The van der Waals surface area contributed by atoms with Crippen molar-refractivity contribution in [2.24, 2.45) is 0 Å². The van der Waals surface area contributed by atoms with E-state index in [0.717, 1.165) is 4.68 Å². The maximum Gasteiger partial charge on any atom is 0.416 e. The SMILES string of the molecule is CSCC(C)(C)NC(=O)c1c(I)cccc1C(=O)Nc1ccc(Cn2nnn(-c3cc(C(F)(F)F)cc(C(F)(F)F)c3)c2=O)cc1C. The predicted octanol–water partition coefficient (Wildman–Crippen LogP) is 6.55. The quantitative estimate of drug-likeness (QED) is 0.147. The van der Waals surface area contributed by atoms with Crippen LogP contribution in [0.3, 0.4) is 0 Å². The van der Waals surface area contributed by atoms with Gasteiger partial charge in [-0.05, 0) is 108 Å². The highest BCUT2D eigenvalue weighted by Gasteiger charge is 2.37. The van der Waals surface area contributed by atoms with Gasteiger partial charge in [0.1, 0.15) is 0 Å². The van der Waals surface area contributed by atoms with E-state index in [1.54, 1.807) is 49.0 Å². The lowest BCUT2D eigenvalue weighted by Crippen LogP contribution is -2.46. The molecular formula is C30H27F6IN6O3S. The second-order valence-corrected chi connectivity index (χ2v) is 13.2. The van der Waals surface area contributed by atoms with Crippen LogP contribution in [0.25, 0.3) is 5.69 Å². The first-order valence-corrected chi connectivity index (χ1v) is 16.1. The van der Waals surface area contributed by atoms with E-state index in [4.69, 9.17) is 0 Å². The van der Waals surface area contributed by atoms with Crippen molar-refractivity contribution >= 4 is 51.9 Å². The Hall–Kier alpha value is -3.87.